The van der Waals surface area contributed by atoms with E-state index in [1.807, 2.05) is 37.3 Å². The molecule has 1 atom stereocenters. The van der Waals surface area contributed by atoms with Gasteiger partial charge in [-0.25, -0.2) is 13.4 Å². The lowest BCUT2D eigenvalue weighted by atomic mass is 10.0. The Kier molecular flexibility index (Phi) is 5.08. The third kappa shape index (κ3) is 3.94. The highest BCUT2D eigenvalue weighted by molar-refractivity contribution is 7.90. The fourth-order valence-corrected chi connectivity index (χ4v) is 3.68. The molecule has 0 aliphatic heterocycles. The van der Waals surface area contributed by atoms with Gasteiger partial charge in [0.05, 0.1) is 11.0 Å². The quantitative estimate of drug-likeness (QED) is 0.721. The number of carbonyl (C=O) groups excluding carboxylic acids is 1. The normalized spacial score (nSPS) is 12.8. The van der Waals surface area contributed by atoms with Gasteiger partial charge in [-0.05, 0) is 23.6 Å². The summed E-state index contributed by atoms with van der Waals surface area (Å²) in [6, 6.07) is 17.0. The highest BCUT2D eigenvalue weighted by Gasteiger charge is 2.21. The molecule has 7 heteroatoms. The van der Waals surface area contributed by atoms with E-state index in [1.54, 1.807) is 24.3 Å². The molecule has 136 valence electrons. The van der Waals surface area contributed by atoms with Gasteiger partial charge in [-0.15, -0.1) is 0 Å². The average Bonchev–Trinajstić information content (AvgIpc) is 2.99. The molecular formula is C19H21N3O3S. The lowest BCUT2D eigenvalue weighted by molar-refractivity contribution is -0.121. The first-order chi connectivity index (χ1) is 12.4. The zero-order valence-corrected chi connectivity index (χ0v) is 15.5. The van der Waals surface area contributed by atoms with Crippen LogP contribution >= 0.6 is 0 Å². The molecule has 0 bridgehead atoms. The summed E-state index contributed by atoms with van der Waals surface area (Å²) >= 11 is 0. The molecule has 1 N–H and O–H groups in total. The minimum absolute atomic E-state index is 0.0926. The number of rotatable bonds is 6. The Morgan fingerprint density at radius 2 is 1.77 bits per heavy atom. The summed E-state index contributed by atoms with van der Waals surface area (Å²) in [5, 5.41) is 2.79. The van der Waals surface area contributed by atoms with E-state index in [0.717, 1.165) is 11.8 Å². The van der Waals surface area contributed by atoms with Crippen molar-refractivity contribution in [2.45, 2.75) is 24.5 Å². The molecular weight excluding hydrogens is 350 g/mol. The Hall–Kier alpha value is -2.67. The SMILES string of the molecule is C[C@@H](CNC(=O)Cn1c(S(C)(=O)=O)nc2ccccc21)c1ccccc1. The summed E-state index contributed by atoms with van der Waals surface area (Å²) in [6.07, 6.45) is 1.10. The molecule has 1 heterocycles. The number of imidazole rings is 1. The maximum absolute atomic E-state index is 12.4. The van der Waals surface area contributed by atoms with Crippen molar-refractivity contribution in [3.05, 3.63) is 60.2 Å². The van der Waals surface area contributed by atoms with Crippen molar-refractivity contribution in [3.8, 4) is 0 Å². The van der Waals surface area contributed by atoms with Gasteiger partial charge in [-0.1, -0.05) is 49.4 Å². The van der Waals surface area contributed by atoms with Gasteiger partial charge in [0.25, 0.3) is 0 Å². The molecule has 1 amide bonds. The summed E-state index contributed by atoms with van der Waals surface area (Å²) in [4.78, 5) is 16.6. The maximum Gasteiger partial charge on any atom is 0.240 e. The lowest BCUT2D eigenvalue weighted by Gasteiger charge is -2.14. The van der Waals surface area contributed by atoms with E-state index >= 15 is 0 Å². The number of aromatic nitrogens is 2. The summed E-state index contributed by atoms with van der Waals surface area (Å²) in [6.45, 7) is 2.41. The first-order valence-corrected chi connectivity index (χ1v) is 10.2. The summed E-state index contributed by atoms with van der Waals surface area (Å²) in [5.41, 5.74) is 2.32. The van der Waals surface area contributed by atoms with Crippen molar-refractivity contribution in [1.29, 1.82) is 0 Å². The van der Waals surface area contributed by atoms with Gasteiger partial charge in [-0.3, -0.25) is 4.79 Å². The van der Waals surface area contributed by atoms with Crippen LogP contribution < -0.4 is 5.32 Å². The minimum Gasteiger partial charge on any atom is -0.354 e. The second kappa shape index (κ2) is 7.29. The molecule has 1 aromatic heterocycles. The fraction of sp³-hybridized carbons (Fsp3) is 0.263. The van der Waals surface area contributed by atoms with Crippen LogP contribution in [0.1, 0.15) is 18.4 Å². The Labute approximate surface area is 152 Å². The van der Waals surface area contributed by atoms with Crippen molar-refractivity contribution in [1.82, 2.24) is 14.9 Å². The topological polar surface area (TPSA) is 81.1 Å². The van der Waals surface area contributed by atoms with Crippen molar-refractivity contribution in [2.24, 2.45) is 0 Å². The van der Waals surface area contributed by atoms with Crippen LogP contribution in [0.2, 0.25) is 0 Å². The number of fused-ring (bicyclic) bond motifs is 1. The molecule has 0 fully saturated rings. The van der Waals surface area contributed by atoms with Gasteiger partial charge in [0.15, 0.2) is 0 Å². The molecule has 3 aromatic rings. The van der Waals surface area contributed by atoms with Gasteiger partial charge < -0.3 is 9.88 Å². The molecule has 2 aromatic carbocycles. The van der Waals surface area contributed by atoms with Gasteiger partial charge >= 0.3 is 0 Å². The van der Waals surface area contributed by atoms with E-state index < -0.39 is 9.84 Å². The second-order valence-electron chi connectivity index (χ2n) is 6.36. The number of para-hydroxylation sites is 2. The van der Waals surface area contributed by atoms with Gasteiger partial charge in [-0.2, -0.15) is 0 Å². The molecule has 0 radical (unpaired) electrons. The number of carbonyl (C=O) groups is 1. The average molecular weight is 371 g/mol. The summed E-state index contributed by atoms with van der Waals surface area (Å²) < 4.78 is 25.5. The van der Waals surface area contributed by atoms with Crippen molar-refractivity contribution in [2.75, 3.05) is 12.8 Å². The van der Waals surface area contributed by atoms with Crippen molar-refractivity contribution >= 4 is 26.8 Å². The Morgan fingerprint density at radius 3 is 2.46 bits per heavy atom. The van der Waals surface area contributed by atoms with Crippen LogP contribution in [-0.4, -0.2) is 36.7 Å². The highest BCUT2D eigenvalue weighted by Crippen LogP contribution is 2.19. The first-order valence-electron chi connectivity index (χ1n) is 8.33. The number of benzene rings is 2. The Bertz CT molecular complexity index is 1030. The minimum atomic E-state index is -3.54. The van der Waals surface area contributed by atoms with E-state index in [9.17, 15) is 13.2 Å². The monoisotopic (exact) mass is 371 g/mol. The van der Waals surface area contributed by atoms with E-state index in [-0.39, 0.29) is 23.5 Å². The number of nitrogens with one attached hydrogen (secondary N) is 1. The molecule has 6 nitrogen and oxygen atoms in total. The zero-order chi connectivity index (χ0) is 18.7. The van der Waals surface area contributed by atoms with E-state index in [2.05, 4.69) is 10.3 Å². The summed E-state index contributed by atoms with van der Waals surface area (Å²) in [7, 11) is -3.54. The fourth-order valence-electron chi connectivity index (χ4n) is 2.86. The van der Waals surface area contributed by atoms with Crippen molar-refractivity contribution < 1.29 is 13.2 Å². The summed E-state index contributed by atoms with van der Waals surface area (Å²) in [5.74, 6) is -0.0881. The molecule has 0 saturated heterocycles. The van der Waals surface area contributed by atoms with Crippen LogP contribution in [0.15, 0.2) is 59.8 Å². The van der Waals surface area contributed by atoms with Crippen LogP contribution in [-0.2, 0) is 21.2 Å². The molecule has 0 aliphatic rings. The Morgan fingerprint density at radius 1 is 1.12 bits per heavy atom. The second-order valence-corrected chi connectivity index (χ2v) is 8.27. The third-order valence-electron chi connectivity index (χ3n) is 4.23. The maximum atomic E-state index is 12.4. The number of hydrogen-bond acceptors (Lipinski definition) is 4. The standard InChI is InChI=1S/C19H21N3O3S/c1-14(15-8-4-3-5-9-15)12-20-18(23)13-22-17-11-7-6-10-16(17)21-19(22)26(2,24)25/h3-11,14H,12-13H2,1-2H3,(H,20,23)/t14-/m0/s1. The van der Waals surface area contributed by atoms with Crippen LogP contribution in [0.5, 0.6) is 0 Å². The third-order valence-corrected chi connectivity index (χ3v) is 5.20. The number of nitrogens with zero attached hydrogens (tertiary/aromatic N) is 2. The van der Waals surface area contributed by atoms with E-state index in [0.29, 0.717) is 17.6 Å². The molecule has 0 spiro atoms. The smallest absolute Gasteiger partial charge is 0.240 e. The molecule has 0 unspecified atom stereocenters. The molecule has 0 saturated carbocycles. The van der Waals surface area contributed by atoms with Crippen LogP contribution in [0.3, 0.4) is 0 Å². The largest absolute Gasteiger partial charge is 0.354 e. The molecule has 3 rings (SSSR count). The van der Waals surface area contributed by atoms with Crippen LogP contribution in [0.25, 0.3) is 11.0 Å². The first kappa shape index (κ1) is 18.1. The Balaban J connectivity index is 1.77. The highest BCUT2D eigenvalue weighted by atomic mass is 32.2. The molecule has 0 aliphatic carbocycles. The number of hydrogen-bond donors (Lipinski definition) is 1. The van der Waals surface area contributed by atoms with Gasteiger partial charge in [0, 0.05) is 12.8 Å². The van der Waals surface area contributed by atoms with Gasteiger partial charge in [0.2, 0.25) is 20.9 Å². The number of amides is 1. The van der Waals surface area contributed by atoms with Gasteiger partial charge in [0.1, 0.15) is 6.54 Å². The van der Waals surface area contributed by atoms with Crippen LogP contribution in [0.4, 0.5) is 0 Å². The predicted molar refractivity (Wildman–Crippen MR) is 101 cm³/mol. The lowest BCUT2D eigenvalue weighted by Crippen LogP contribution is -2.31. The van der Waals surface area contributed by atoms with Crippen molar-refractivity contribution in [3.63, 3.8) is 0 Å². The van der Waals surface area contributed by atoms with E-state index in [4.69, 9.17) is 0 Å². The van der Waals surface area contributed by atoms with Crippen LogP contribution in [0, 0.1) is 0 Å². The van der Waals surface area contributed by atoms with E-state index in [1.165, 1.54) is 4.57 Å². The number of sulfone groups is 1. The molecule has 26 heavy (non-hydrogen) atoms. The zero-order valence-electron chi connectivity index (χ0n) is 14.7. The predicted octanol–water partition coefficient (Wildman–Crippen LogP) is 2.36.